The van der Waals surface area contributed by atoms with E-state index in [2.05, 4.69) is 4.98 Å². The van der Waals surface area contributed by atoms with Crippen molar-refractivity contribution in [3.63, 3.8) is 0 Å². The summed E-state index contributed by atoms with van der Waals surface area (Å²) in [5.41, 5.74) is 1.03. The van der Waals surface area contributed by atoms with E-state index in [1.807, 2.05) is 41.1 Å². The number of para-hydroxylation sites is 1. The van der Waals surface area contributed by atoms with Crippen molar-refractivity contribution in [3.8, 4) is 0 Å². The molecule has 0 radical (unpaired) electrons. The molecule has 1 aliphatic rings. The van der Waals surface area contributed by atoms with Crippen molar-refractivity contribution in [1.82, 2.24) is 19.0 Å². The fourth-order valence-electron chi connectivity index (χ4n) is 3.71. The summed E-state index contributed by atoms with van der Waals surface area (Å²) >= 11 is 0. The third-order valence-corrected chi connectivity index (χ3v) is 7.50. The Bertz CT molecular complexity index is 1080. The van der Waals surface area contributed by atoms with Gasteiger partial charge in [-0.05, 0) is 30.4 Å². The van der Waals surface area contributed by atoms with Crippen LogP contribution < -0.4 is 0 Å². The molecule has 0 N–H and O–H groups in total. The minimum absolute atomic E-state index is 0.0178. The zero-order valence-corrected chi connectivity index (χ0v) is 16.0. The van der Waals surface area contributed by atoms with Crippen LogP contribution in [0.1, 0.15) is 12.8 Å². The highest BCUT2D eigenvalue weighted by atomic mass is 32.2. The monoisotopic (exact) mass is 386 g/mol. The zero-order valence-electron chi connectivity index (χ0n) is 15.2. The van der Waals surface area contributed by atoms with Crippen molar-refractivity contribution < 1.29 is 13.2 Å². The van der Waals surface area contributed by atoms with Gasteiger partial charge in [-0.25, -0.2) is 13.4 Å². The van der Waals surface area contributed by atoms with Crippen LogP contribution >= 0.6 is 0 Å². The largest absolute Gasteiger partial charge is 0.341 e. The number of likely N-dealkylation sites (tertiary alicyclic amines) is 1. The summed E-state index contributed by atoms with van der Waals surface area (Å²) in [6.07, 6.45) is 5.92. The van der Waals surface area contributed by atoms with Crippen molar-refractivity contribution in [2.45, 2.75) is 29.8 Å². The topological polar surface area (TPSA) is 77.2 Å². The Balaban J connectivity index is 1.42. The summed E-state index contributed by atoms with van der Waals surface area (Å²) in [6.45, 7) is 1.17. The predicted octanol–water partition coefficient (Wildman–Crippen LogP) is 1.84. The van der Waals surface area contributed by atoms with Gasteiger partial charge in [0.1, 0.15) is 6.54 Å². The Morgan fingerprint density at radius 3 is 2.59 bits per heavy atom. The van der Waals surface area contributed by atoms with E-state index in [0.29, 0.717) is 25.9 Å². The van der Waals surface area contributed by atoms with Crippen molar-refractivity contribution in [1.29, 1.82) is 0 Å². The van der Waals surface area contributed by atoms with Crippen LogP contribution in [-0.2, 0) is 28.2 Å². The van der Waals surface area contributed by atoms with Gasteiger partial charge in [-0.2, -0.15) is 0 Å². The van der Waals surface area contributed by atoms with Crippen LogP contribution in [0.25, 0.3) is 10.9 Å². The Morgan fingerprint density at radius 2 is 1.89 bits per heavy atom. The van der Waals surface area contributed by atoms with E-state index in [4.69, 9.17) is 0 Å². The van der Waals surface area contributed by atoms with Gasteiger partial charge in [0.05, 0.1) is 5.25 Å². The van der Waals surface area contributed by atoms with Crippen LogP contribution in [0.4, 0.5) is 0 Å². The number of aryl methyl sites for hydroxylation is 1. The predicted molar refractivity (Wildman–Crippen MR) is 102 cm³/mol. The summed E-state index contributed by atoms with van der Waals surface area (Å²) in [7, 11) is -1.79. The molecule has 1 fully saturated rings. The van der Waals surface area contributed by atoms with Gasteiger partial charge in [0, 0.05) is 44.2 Å². The Morgan fingerprint density at radius 1 is 1.15 bits per heavy atom. The average Bonchev–Trinajstić information content (AvgIpc) is 3.29. The van der Waals surface area contributed by atoms with Gasteiger partial charge >= 0.3 is 0 Å². The third kappa shape index (κ3) is 3.25. The second-order valence-electron chi connectivity index (χ2n) is 6.95. The number of fused-ring (bicyclic) bond motifs is 1. The molecule has 3 aromatic rings. The summed E-state index contributed by atoms with van der Waals surface area (Å²) < 4.78 is 29.0. The molecule has 1 aliphatic heterocycles. The Labute approximate surface area is 158 Å². The SMILES string of the molecule is Cn1ccnc1S(=O)(=O)C1CCN(C(=O)Cn2ccc3ccccc32)CC1. The van der Waals surface area contributed by atoms with Crippen LogP contribution in [0.15, 0.2) is 54.1 Å². The van der Waals surface area contributed by atoms with Crippen molar-refractivity contribution in [2.24, 2.45) is 7.05 Å². The fraction of sp³-hybridized carbons (Fsp3) is 0.368. The van der Waals surface area contributed by atoms with Crippen molar-refractivity contribution in [2.75, 3.05) is 13.1 Å². The van der Waals surface area contributed by atoms with E-state index in [0.717, 1.165) is 10.9 Å². The number of rotatable bonds is 4. The number of piperidine rings is 1. The highest BCUT2D eigenvalue weighted by Crippen LogP contribution is 2.24. The standard InChI is InChI=1S/C19H22N4O3S/c1-21-13-9-20-19(21)27(25,26)16-7-11-22(12-8-16)18(24)14-23-10-6-15-4-2-3-5-17(15)23/h2-6,9-10,13,16H,7-8,11-12,14H2,1H3. The molecule has 142 valence electrons. The molecular weight excluding hydrogens is 364 g/mol. The van der Waals surface area contributed by atoms with E-state index < -0.39 is 15.1 Å². The molecule has 1 aromatic carbocycles. The lowest BCUT2D eigenvalue weighted by Gasteiger charge is -2.31. The molecule has 1 amide bonds. The second kappa shape index (κ2) is 6.84. The smallest absolute Gasteiger partial charge is 0.242 e. The molecule has 27 heavy (non-hydrogen) atoms. The van der Waals surface area contributed by atoms with Gasteiger partial charge in [-0.3, -0.25) is 4.79 Å². The molecule has 1 saturated heterocycles. The van der Waals surface area contributed by atoms with Gasteiger partial charge in [0.2, 0.25) is 20.9 Å². The molecule has 3 heterocycles. The number of benzene rings is 1. The summed E-state index contributed by atoms with van der Waals surface area (Å²) in [4.78, 5) is 18.4. The third-order valence-electron chi connectivity index (χ3n) is 5.25. The number of carbonyl (C=O) groups excluding carboxylic acids is 1. The number of carbonyl (C=O) groups is 1. The maximum atomic E-state index is 12.8. The maximum Gasteiger partial charge on any atom is 0.242 e. The van der Waals surface area contributed by atoms with Crippen LogP contribution in [-0.4, -0.2) is 51.7 Å². The highest BCUT2D eigenvalue weighted by Gasteiger charge is 2.34. The van der Waals surface area contributed by atoms with Crippen LogP contribution in [0.2, 0.25) is 0 Å². The number of amides is 1. The number of nitrogens with zero attached hydrogens (tertiary/aromatic N) is 4. The minimum Gasteiger partial charge on any atom is -0.341 e. The van der Waals surface area contributed by atoms with E-state index in [1.54, 1.807) is 18.1 Å². The van der Waals surface area contributed by atoms with E-state index in [1.165, 1.54) is 10.8 Å². The van der Waals surface area contributed by atoms with Crippen LogP contribution in [0.3, 0.4) is 0 Å². The Hall–Kier alpha value is -2.61. The molecular formula is C19H22N4O3S. The number of imidazole rings is 1. The number of aromatic nitrogens is 3. The van der Waals surface area contributed by atoms with Gasteiger partial charge < -0.3 is 14.0 Å². The maximum absolute atomic E-state index is 12.8. The first-order valence-electron chi connectivity index (χ1n) is 8.99. The lowest BCUT2D eigenvalue weighted by atomic mass is 10.1. The van der Waals surface area contributed by atoms with Crippen LogP contribution in [0, 0.1) is 0 Å². The lowest BCUT2D eigenvalue weighted by Crippen LogP contribution is -2.44. The van der Waals surface area contributed by atoms with Crippen molar-refractivity contribution in [3.05, 3.63) is 48.9 Å². The second-order valence-corrected chi connectivity index (χ2v) is 9.07. The first-order valence-corrected chi connectivity index (χ1v) is 10.5. The quantitative estimate of drug-likeness (QED) is 0.686. The molecule has 4 rings (SSSR count). The zero-order chi connectivity index (χ0) is 19.0. The van der Waals surface area contributed by atoms with Gasteiger partial charge in [-0.15, -0.1) is 0 Å². The normalized spacial score (nSPS) is 16.1. The van der Waals surface area contributed by atoms with Crippen LogP contribution in [0.5, 0.6) is 0 Å². The van der Waals surface area contributed by atoms with Gasteiger partial charge in [0.15, 0.2) is 0 Å². The molecule has 2 aromatic heterocycles. The van der Waals surface area contributed by atoms with E-state index in [-0.39, 0.29) is 17.6 Å². The molecule has 7 nitrogen and oxygen atoms in total. The molecule has 0 aliphatic carbocycles. The summed E-state index contributed by atoms with van der Waals surface area (Å²) in [5.74, 6) is 0.0178. The summed E-state index contributed by atoms with van der Waals surface area (Å²) in [6, 6.07) is 9.94. The highest BCUT2D eigenvalue weighted by molar-refractivity contribution is 7.91. The fourth-order valence-corrected chi connectivity index (χ4v) is 5.51. The molecule has 0 unspecified atom stereocenters. The number of hydrogen-bond donors (Lipinski definition) is 0. The van der Waals surface area contributed by atoms with Gasteiger partial charge in [0.25, 0.3) is 0 Å². The number of sulfone groups is 1. The van der Waals surface area contributed by atoms with Gasteiger partial charge in [-0.1, -0.05) is 18.2 Å². The van der Waals surface area contributed by atoms with Crippen molar-refractivity contribution >= 4 is 26.6 Å². The number of hydrogen-bond acceptors (Lipinski definition) is 4. The average molecular weight is 386 g/mol. The van der Waals surface area contributed by atoms with E-state index >= 15 is 0 Å². The minimum atomic E-state index is -3.47. The molecule has 0 saturated carbocycles. The first kappa shape index (κ1) is 17.8. The molecule has 8 heteroatoms. The Kier molecular flexibility index (Phi) is 4.51. The molecule has 0 bridgehead atoms. The van der Waals surface area contributed by atoms with E-state index in [9.17, 15) is 13.2 Å². The molecule has 0 atom stereocenters. The molecule has 0 spiro atoms. The lowest BCUT2D eigenvalue weighted by molar-refractivity contribution is -0.132. The summed E-state index contributed by atoms with van der Waals surface area (Å²) in [5, 5.41) is 0.714. The first-order chi connectivity index (χ1) is 13.0.